The maximum atomic E-state index is 12.6. The molecule has 0 N–H and O–H groups in total. The van der Waals surface area contributed by atoms with Crippen molar-refractivity contribution in [1.29, 1.82) is 0 Å². The van der Waals surface area contributed by atoms with Gasteiger partial charge in [-0.05, 0) is 36.2 Å². The van der Waals surface area contributed by atoms with E-state index < -0.39 is 11.9 Å². The van der Waals surface area contributed by atoms with Crippen molar-refractivity contribution < 1.29 is 19.1 Å². The van der Waals surface area contributed by atoms with Gasteiger partial charge < -0.3 is 9.47 Å². The lowest BCUT2D eigenvalue weighted by molar-refractivity contribution is -0.152. The molecule has 3 unspecified atom stereocenters. The molecule has 4 nitrogen and oxygen atoms in total. The summed E-state index contributed by atoms with van der Waals surface area (Å²) < 4.78 is 11.0. The number of fused-ring (bicyclic) bond motifs is 2. The van der Waals surface area contributed by atoms with Crippen molar-refractivity contribution in [3.63, 3.8) is 0 Å². The van der Waals surface area contributed by atoms with Crippen LogP contribution in [-0.2, 0) is 25.7 Å². The molecule has 0 heterocycles. The molecule has 0 spiro atoms. The van der Waals surface area contributed by atoms with Crippen LogP contribution in [0.1, 0.15) is 45.6 Å². The Bertz CT molecular complexity index is 777. The second kappa shape index (κ2) is 6.99. The van der Waals surface area contributed by atoms with E-state index in [1.165, 1.54) is 6.42 Å². The smallest absolute Gasteiger partial charge is 0.338 e. The molecular formula is C23H28O4. The highest BCUT2D eigenvalue weighted by molar-refractivity contribution is 6.06. The summed E-state index contributed by atoms with van der Waals surface area (Å²) in [5.41, 5.74) is 0.887. The van der Waals surface area contributed by atoms with Gasteiger partial charge in [0.1, 0.15) is 12.7 Å². The van der Waals surface area contributed by atoms with E-state index >= 15 is 0 Å². The number of hydrogen-bond donors (Lipinski definition) is 0. The molecule has 2 saturated carbocycles. The number of benzene rings is 1. The summed E-state index contributed by atoms with van der Waals surface area (Å²) in [6.07, 6.45) is 2.95. The molecule has 3 atom stereocenters. The van der Waals surface area contributed by atoms with E-state index in [0.29, 0.717) is 5.92 Å². The molecule has 0 saturated heterocycles. The largest absolute Gasteiger partial charge is 0.458 e. The van der Waals surface area contributed by atoms with Crippen LogP contribution in [0.15, 0.2) is 54.6 Å². The third-order valence-electron chi connectivity index (χ3n) is 7.03. The van der Waals surface area contributed by atoms with Crippen LogP contribution in [0.2, 0.25) is 0 Å². The summed E-state index contributed by atoms with van der Waals surface area (Å²) in [5, 5.41) is 0. The minimum Gasteiger partial charge on any atom is -0.458 e. The van der Waals surface area contributed by atoms with Crippen molar-refractivity contribution in [3.05, 3.63) is 60.2 Å². The SMILES string of the molecule is C=C(C(=C)C(=O)OC1CC2CCC1(C)C2(C)C)C(=O)OCc1ccccc1. The summed E-state index contributed by atoms with van der Waals surface area (Å²) >= 11 is 0. The van der Waals surface area contributed by atoms with E-state index in [0.717, 1.165) is 18.4 Å². The molecule has 2 aliphatic rings. The zero-order chi connectivity index (χ0) is 19.8. The van der Waals surface area contributed by atoms with Crippen LogP contribution in [0.25, 0.3) is 0 Å². The topological polar surface area (TPSA) is 52.6 Å². The van der Waals surface area contributed by atoms with E-state index in [2.05, 4.69) is 33.9 Å². The first-order valence-corrected chi connectivity index (χ1v) is 9.47. The average molecular weight is 368 g/mol. The molecule has 2 bridgehead atoms. The van der Waals surface area contributed by atoms with Gasteiger partial charge in [-0.2, -0.15) is 0 Å². The second-order valence-corrected chi connectivity index (χ2v) is 8.52. The highest BCUT2D eigenvalue weighted by atomic mass is 16.5. The predicted octanol–water partition coefficient (Wildman–Crippen LogP) is 4.60. The van der Waals surface area contributed by atoms with Gasteiger partial charge >= 0.3 is 11.9 Å². The lowest BCUT2D eigenvalue weighted by Crippen LogP contribution is -2.38. The van der Waals surface area contributed by atoms with Gasteiger partial charge in [-0.3, -0.25) is 0 Å². The Kier molecular flexibility index (Phi) is 5.02. The second-order valence-electron chi connectivity index (χ2n) is 8.52. The molecular weight excluding hydrogens is 340 g/mol. The van der Waals surface area contributed by atoms with Crippen molar-refractivity contribution in [2.45, 2.75) is 52.7 Å². The monoisotopic (exact) mass is 368 g/mol. The van der Waals surface area contributed by atoms with E-state index in [1.54, 1.807) is 0 Å². The minimum atomic E-state index is -0.653. The molecule has 27 heavy (non-hydrogen) atoms. The molecule has 3 rings (SSSR count). The molecule has 1 aromatic rings. The Hall–Kier alpha value is -2.36. The van der Waals surface area contributed by atoms with Gasteiger partial charge in [-0.1, -0.05) is 64.3 Å². The van der Waals surface area contributed by atoms with Gasteiger partial charge in [-0.25, -0.2) is 9.59 Å². The van der Waals surface area contributed by atoms with Crippen LogP contribution < -0.4 is 0 Å². The van der Waals surface area contributed by atoms with Gasteiger partial charge in [0.15, 0.2) is 0 Å². The molecule has 2 fully saturated rings. The fraction of sp³-hybridized carbons (Fsp3) is 0.478. The Morgan fingerprint density at radius 3 is 2.26 bits per heavy atom. The molecule has 0 aromatic heterocycles. The van der Waals surface area contributed by atoms with Gasteiger partial charge in [0.25, 0.3) is 0 Å². The Balaban J connectivity index is 1.56. The number of hydrogen-bond acceptors (Lipinski definition) is 4. The normalized spacial score (nSPS) is 27.8. The van der Waals surface area contributed by atoms with Crippen molar-refractivity contribution >= 4 is 11.9 Å². The third kappa shape index (κ3) is 3.33. The zero-order valence-corrected chi connectivity index (χ0v) is 16.4. The lowest BCUT2D eigenvalue weighted by Gasteiger charge is -2.38. The fourth-order valence-electron chi connectivity index (χ4n) is 4.57. The molecule has 0 amide bonds. The average Bonchev–Trinajstić information content (AvgIpc) is 2.99. The quantitative estimate of drug-likeness (QED) is 0.418. The van der Waals surface area contributed by atoms with Crippen molar-refractivity contribution in [2.24, 2.45) is 16.7 Å². The van der Waals surface area contributed by atoms with Crippen LogP contribution in [0.4, 0.5) is 0 Å². The summed E-state index contributed by atoms with van der Waals surface area (Å²) in [4.78, 5) is 24.8. The molecule has 4 heteroatoms. The summed E-state index contributed by atoms with van der Waals surface area (Å²) in [7, 11) is 0. The number of ether oxygens (including phenoxy) is 2. The van der Waals surface area contributed by atoms with Crippen LogP contribution in [0.5, 0.6) is 0 Å². The van der Waals surface area contributed by atoms with Crippen molar-refractivity contribution in [3.8, 4) is 0 Å². The van der Waals surface area contributed by atoms with Gasteiger partial charge in [0.05, 0.1) is 11.1 Å². The third-order valence-corrected chi connectivity index (χ3v) is 7.03. The Morgan fingerprint density at radius 1 is 1.07 bits per heavy atom. The maximum absolute atomic E-state index is 12.6. The van der Waals surface area contributed by atoms with Crippen LogP contribution >= 0.6 is 0 Å². The predicted molar refractivity (Wildman–Crippen MR) is 104 cm³/mol. The Labute approximate surface area is 161 Å². The van der Waals surface area contributed by atoms with Gasteiger partial charge in [0.2, 0.25) is 0 Å². The molecule has 0 aliphatic heterocycles. The van der Waals surface area contributed by atoms with Crippen molar-refractivity contribution in [1.82, 2.24) is 0 Å². The van der Waals surface area contributed by atoms with E-state index in [1.807, 2.05) is 30.3 Å². The van der Waals surface area contributed by atoms with E-state index in [-0.39, 0.29) is 34.7 Å². The van der Waals surface area contributed by atoms with Crippen LogP contribution in [-0.4, -0.2) is 18.0 Å². The van der Waals surface area contributed by atoms with Gasteiger partial charge in [0, 0.05) is 5.41 Å². The molecule has 1 aromatic carbocycles. The summed E-state index contributed by atoms with van der Waals surface area (Å²) in [5.74, 6) is -0.667. The molecule has 144 valence electrons. The van der Waals surface area contributed by atoms with Gasteiger partial charge in [-0.15, -0.1) is 0 Å². The standard InChI is InChI=1S/C23H28O4/c1-15(20(24)26-14-17-9-7-6-8-10-17)16(2)21(25)27-19-13-18-11-12-23(19,5)22(18,3)4/h6-10,18-19H,1-2,11-14H2,3-5H3. The first-order valence-electron chi connectivity index (χ1n) is 9.47. The maximum Gasteiger partial charge on any atom is 0.338 e. The first-order chi connectivity index (χ1) is 12.7. The van der Waals surface area contributed by atoms with Crippen LogP contribution in [0, 0.1) is 16.7 Å². The highest BCUT2D eigenvalue weighted by Gasteiger charge is 2.62. The van der Waals surface area contributed by atoms with Crippen LogP contribution in [0.3, 0.4) is 0 Å². The zero-order valence-electron chi connectivity index (χ0n) is 16.4. The number of rotatable bonds is 6. The summed E-state index contributed by atoms with van der Waals surface area (Å²) in [6, 6.07) is 9.34. The fourth-order valence-corrected chi connectivity index (χ4v) is 4.57. The lowest BCUT2D eigenvalue weighted by atomic mass is 9.70. The Morgan fingerprint density at radius 2 is 1.70 bits per heavy atom. The molecule has 0 radical (unpaired) electrons. The van der Waals surface area contributed by atoms with E-state index in [4.69, 9.17) is 9.47 Å². The number of carbonyl (C=O) groups is 2. The highest BCUT2D eigenvalue weighted by Crippen LogP contribution is 2.66. The summed E-state index contributed by atoms with van der Waals surface area (Å²) in [6.45, 7) is 14.2. The minimum absolute atomic E-state index is 0.0303. The number of esters is 2. The van der Waals surface area contributed by atoms with E-state index in [9.17, 15) is 9.59 Å². The molecule has 2 aliphatic carbocycles. The van der Waals surface area contributed by atoms with Crippen molar-refractivity contribution in [2.75, 3.05) is 0 Å². The first kappa shape index (κ1) is 19.4. The number of carbonyl (C=O) groups excluding carboxylic acids is 2.